The second-order valence-corrected chi connectivity index (χ2v) is 11.0. The Kier molecular flexibility index (Phi) is 8.92. The average molecular weight is 542 g/mol. The molecule has 2 aliphatic heterocycles. The standard InChI is InChI=1S/C33H43N5O2/c1-5-29-31(6-2)38(16-13-24(3)35-29)33(39)27-8-10-28(25-9-11-30-26(22-25)12-14-34-30)32(23-27)40-21-7-15-37-19-17-36(4)18-20-37/h5-6,8-12,14,22-24,34-35H,7,13,15-21H2,1-4H3/b29-5+,31-6+/t24-/m0/s1. The fourth-order valence-corrected chi connectivity index (χ4v) is 5.69. The van der Waals surface area contributed by atoms with E-state index in [0.29, 0.717) is 24.8 Å². The SMILES string of the molecule is C/C=C1/N[C@@H](C)CCN(C(=O)c2ccc(-c3ccc4[nH]ccc4c3)c(OCCCN3CCN(C)CC3)c2)/C1=C/C. The number of piperazine rings is 1. The van der Waals surface area contributed by atoms with Crippen LogP contribution in [0.3, 0.4) is 0 Å². The van der Waals surface area contributed by atoms with Crippen molar-refractivity contribution in [3.8, 4) is 16.9 Å². The highest BCUT2D eigenvalue weighted by Crippen LogP contribution is 2.34. The molecule has 7 nitrogen and oxygen atoms in total. The Hall–Kier alpha value is -3.55. The number of likely N-dealkylation sites (N-methyl/N-ethyl adjacent to an activating group) is 1. The molecular weight excluding hydrogens is 498 g/mol. The number of amides is 1. The Bertz CT molecular complexity index is 1380. The molecule has 3 heterocycles. The molecule has 2 saturated heterocycles. The second-order valence-electron chi connectivity index (χ2n) is 11.0. The van der Waals surface area contributed by atoms with Gasteiger partial charge in [0.1, 0.15) is 5.75 Å². The van der Waals surface area contributed by atoms with Crippen molar-refractivity contribution in [1.82, 2.24) is 25.0 Å². The van der Waals surface area contributed by atoms with Crippen LogP contribution < -0.4 is 10.1 Å². The van der Waals surface area contributed by atoms with Crippen LogP contribution in [0.1, 0.15) is 44.0 Å². The summed E-state index contributed by atoms with van der Waals surface area (Å²) in [4.78, 5) is 24.0. The van der Waals surface area contributed by atoms with Gasteiger partial charge in [0.15, 0.2) is 0 Å². The number of hydrogen-bond donors (Lipinski definition) is 2. The fraction of sp³-hybridized carbons (Fsp3) is 0.424. The van der Waals surface area contributed by atoms with E-state index in [1.165, 1.54) is 0 Å². The third-order valence-corrected chi connectivity index (χ3v) is 8.13. The minimum Gasteiger partial charge on any atom is -0.493 e. The van der Waals surface area contributed by atoms with Gasteiger partial charge >= 0.3 is 0 Å². The number of fused-ring (bicyclic) bond motifs is 1. The first-order valence-electron chi connectivity index (χ1n) is 14.6. The number of benzene rings is 2. The Balaban J connectivity index is 1.40. The van der Waals surface area contributed by atoms with Crippen molar-refractivity contribution in [2.24, 2.45) is 0 Å². The van der Waals surface area contributed by atoms with Crippen molar-refractivity contribution in [3.05, 3.63) is 77.8 Å². The van der Waals surface area contributed by atoms with Crippen LogP contribution in [0.15, 0.2) is 72.2 Å². The van der Waals surface area contributed by atoms with Crippen LogP contribution in [0, 0.1) is 0 Å². The highest BCUT2D eigenvalue weighted by molar-refractivity contribution is 5.97. The van der Waals surface area contributed by atoms with E-state index in [-0.39, 0.29) is 5.91 Å². The predicted octanol–water partition coefficient (Wildman–Crippen LogP) is 5.48. The molecule has 40 heavy (non-hydrogen) atoms. The molecule has 1 atom stereocenters. The van der Waals surface area contributed by atoms with Gasteiger partial charge in [0.2, 0.25) is 0 Å². The van der Waals surface area contributed by atoms with Gasteiger partial charge in [0.05, 0.1) is 18.0 Å². The highest BCUT2D eigenvalue weighted by atomic mass is 16.5. The van der Waals surface area contributed by atoms with Gasteiger partial charge < -0.3 is 29.7 Å². The molecular formula is C33H43N5O2. The molecule has 0 radical (unpaired) electrons. The zero-order valence-electron chi connectivity index (χ0n) is 24.4. The summed E-state index contributed by atoms with van der Waals surface area (Å²) < 4.78 is 6.46. The lowest BCUT2D eigenvalue weighted by Gasteiger charge is -2.32. The maximum Gasteiger partial charge on any atom is 0.258 e. The van der Waals surface area contributed by atoms with Crippen molar-refractivity contribution in [3.63, 3.8) is 0 Å². The Morgan fingerprint density at radius 2 is 1.85 bits per heavy atom. The van der Waals surface area contributed by atoms with Crippen molar-refractivity contribution >= 4 is 16.8 Å². The summed E-state index contributed by atoms with van der Waals surface area (Å²) in [6.07, 6.45) is 7.86. The van der Waals surface area contributed by atoms with Crippen LogP contribution in [0.5, 0.6) is 5.75 Å². The van der Waals surface area contributed by atoms with Gasteiger partial charge in [-0.15, -0.1) is 0 Å². The number of aromatic nitrogens is 1. The number of H-pyrrole nitrogens is 1. The molecule has 0 saturated carbocycles. The zero-order chi connectivity index (χ0) is 28.1. The lowest BCUT2D eigenvalue weighted by molar-refractivity contribution is 0.0809. The number of nitrogens with zero attached hydrogens (tertiary/aromatic N) is 3. The van der Waals surface area contributed by atoms with Crippen LogP contribution in [0.25, 0.3) is 22.0 Å². The maximum absolute atomic E-state index is 14.0. The van der Waals surface area contributed by atoms with E-state index >= 15 is 0 Å². The molecule has 0 bridgehead atoms. The first-order valence-corrected chi connectivity index (χ1v) is 14.6. The molecule has 2 aliphatic rings. The molecule has 1 aromatic heterocycles. The summed E-state index contributed by atoms with van der Waals surface area (Å²) in [6.45, 7) is 12.9. The highest BCUT2D eigenvalue weighted by Gasteiger charge is 2.27. The third kappa shape index (κ3) is 6.26. The molecule has 0 unspecified atom stereocenters. The number of carbonyl (C=O) groups is 1. The van der Waals surface area contributed by atoms with Crippen LogP contribution >= 0.6 is 0 Å². The van der Waals surface area contributed by atoms with Crippen molar-refractivity contribution in [1.29, 1.82) is 0 Å². The van der Waals surface area contributed by atoms with Crippen molar-refractivity contribution < 1.29 is 9.53 Å². The molecule has 3 aromatic rings. The van der Waals surface area contributed by atoms with Crippen molar-refractivity contribution in [2.75, 3.05) is 52.9 Å². The average Bonchev–Trinajstić information content (AvgIpc) is 3.38. The summed E-state index contributed by atoms with van der Waals surface area (Å²) in [5, 5.41) is 4.70. The lowest BCUT2D eigenvalue weighted by Crippen LogP contribution is -2.44. The molecule has 0 spiro atoms. The maximum atomic E-state index is 14.0. The molecule has 0 aliphatic carbocycles. The van der Waals surface area contributed by atoms with Gasteiger partial charge in [-0.3, -0.25) is 4.79 Å². The van der Waals surface area contributed by atoms with Gasteiger partial charge in [-0.2, -0.15) is 0 Å². The zero-order valence-corrected chi connectivity index (χ0v) is 24.4. The lowest BCUT2D eigenvalue weighted by atomic mass is 10.0. The number of nitrogens with one attached hydrogen (secondary N) is 2. The fourth-order valence-electron chi connectivity index (χ4n) is 5.69. The van der Waals surface area contributed by atoms with E-state index in [1.54, 1.807) is 0 Å². The quantitative estimate of drug-likeness (QED) is 0.388. The van der Waals surface area contributed by atoms with Gasteiger partial charge in [0.25, 0.3) is 5.91 Å². The topological polar surface area (TPSA) is 63.8 Å². The first-order chi connectivity index (χ1) is 19.5. The molecule has 2 N–H and O–H groups in total. The van der Waals surface area contributed by atoms with Crippen LogP contribution in [-0.4, -0.2) is 84.6 Å². The Labute approximate surface area is 238 Å². The summed E-state index contributed by atoms with van der Waals surface area (Å²) in [6, 6.07) is 14.7. The smallest absolute Gasteiger partial charge is 0.258 e. The largest absolute Gasteiger partial charge is 0.493 e. The van der Waals surface area contributed by atoms with E-state index in [2.05, 4.69) is 58.3 Å². The summed E-state index contributed by atoms with van der Waals surface area (Å²) in [5.41, 5.74) is 5.76. The molecule has 2 fully saturated rings. The van der Waals surface area contributed by atoms with E-state index < -0.39 is 0 Å². The predicted molar refractivity (Wildman–Crippen MR) is 164 cm³/mol. The van der Waals surface area contributed by atoms with Gasteiger partial charge in [0, 0.05) is 68.2 Å². The van der Waals surface area contributed by atoms with E-state index in [0.717, 1.165) is 84.7 Å². The molecule has 212 valence electrons. The molecule has 5 rings (SSSR count). The molecule has 1 amide bonds. The minimum absolute atomic E-state index is 0.00160. The van der Waals surface area contributed by atoms with Gasteiger partial charge in [-0.25, -0.2) is 0 Å². The molecule has 7 heteroatoms. The number of ether oxygens (including phenoxy) is 1. The normalized spacial score (nSPS) is 21.1. The number of hydrogen-bond acceptors (Lipinski definition) is 5. The minimum atomic E-state index is -0.00160. The van der Waals surface area contributed by atoms with Gasteiger partial charge in [-0.05, 0) is 88.0 Å². The van der Waals surface area contributed by atoms with Crippen LogP contribution in [-0.2, 0) is 0 Å². The number of aromatic amines is 1. The van der Waals surface area contributed by atoms with Gasteiger partial charge in [-0.1, -0.05) is 18.2 Å². The summed E-state index contributed by atoms with van der Waals surface area (Å²) >= 11 is 0. The van der Waals surface area contributed by atoms with E-state index in [1.807, 2.05) is 55.3 Å². The number of carbonyl (C=O) groups excluding carboxylic acids is 1. The van der Waals surface area contributed by atoms with Crippen molar-refractivity contribution in [2.45, 2.75) is 39.7 Å². The number of rotatable bonds is 7. The second kappa shape index (κ2) is 12.7. The summed E-state index contributed by atoms with van der Waals surface area (Å²) in [5.74, 6) is 0.756. The van der Waals surface area contributed by atoms with Crippen LogP contribution in [0.2, 0.25) is 0 Å². The summed E-state index contributed by atoms with van der Waals surface area (Å²) in [7, 11) is 2.18. The number of allylic oxidation sites excluding steroid dienone is 2. The monoisotopic (exact) mass is 541 g/mol. The van der Waals surface area contributed by atoms with Crippen LogP contribution in [0.4, 0.5) is 0 Å². The Morgan fingerprint density at radius 1 is 1.02 bits per heavy atom. The third-order valence-electron chi connectivity index (χ3n) is 8.13. The molecule has 2 aromatic carbocycles. The van der Waals surface area contributed by atoms with E-state index in [9.17, 15) is 4.79 Å². The Morgan fingerprint density at radius 3 is 2.62 bits per heavy atom. The van der Waals surface area contributed by atoms with E-state index in [4.69, 9.17) is 4.74 Å². The first kappa shape index (κ1) is 28.0.